The number of aryl methyl sites for hydroxylation is 1. The van der Waals surface area contributed by atoms with Gasteiger partial charge >= 0.3 is 0 Å². The Morgan fingerprint density at radius 2 is 2.15 bits per heavy atom. The van der Waals surface area contributed by atoms with Crippen LogP contribution in [0, 0.1) is 12.8 Å². The molecule has 1 saturated heterocycles. The number of carbonyl (C=O) groups is 1. The van der Waals surface area contributed by atoms with Crippen molar-refractivity contribution in [3.63, 3.8) is 0 Å². The Labute approximate surface area is 122 Å². The first-order chi connectivity index (χ1) is 9.58. The quantitative estimate of drug-likeness (QED) is 0.808. The van der Waals surface area contributed by atoms with Gasteiger partial charge in [-0.2, -0.15) is 0 Å². The highest BCUT2D eigenvalue weighted by Crippen LogP contribution is 2.23. The molecule has 1 atom stereocenters. The van der Waals surface area contributed by atoms with Crippen LogP contribution in [0.25, 0.3) is 0 Å². The van der Waals surface area contributed by atoms with Gasteiger partial charge in [-0.15, -0.1) is 0 Å². The van der Waals surface area contributed by atoms with Crippen molar-refractivity contribution >= 4 is 5.91 Å². The summed E-state index contributed by atoms with van der Waals surface area (Å²) in [6, 6.07) is 8.42. The van der Waals surface area contributed by atoms with Crippen molar-refractivity contribution in [1.29, 1.82) is 0 Å². The first kappa shape index (κ1) is 15.0. The predicted molar refractivity (Wildman–Crippen MR) is 82.3 cm³/mol. The minimum absolute atomic E-state index is 0.0569. The third kappa shape index (κ3) is 3.83. The van der Waals surface area contributed by atoms with Crippen LogP contribution >= 0.6 is 0 Å². The minimum atomic E-state index is 0.0569. The molecule has 20 heavy (non-hydrogen) atoms. The molecule has 3 nitrogen and oxygen atoms in total. The molecule has 3 heteroatoms. The van der Waals surface area contributed by atoms with E-state index in [1.807, 2.05) is 4.90 Å². The molecular weight excluding hydrogens is 248 g/mol. The molecule has 0 aliphatic carbocycles. The third-order valence-corrected chi connectivity index (χ3v) is 3.87. The number of rotatable bonds is 6. The van der Waals surface area contributed by atoms with Gasteiger partial charge in [0.15, 0.2) is 0 Å². The van der Waals surface area contributed by atoms with Crippen molar-refractivity contribution in [2.45, 2.75) is 46.2 Å². The summed E-state index contributed by atoms with van der Waals surface area (Å²) in [5.74, 6) is 0.969. The van der Waals surface area contributed by atoms with Gasteiger partial charge in [0.05, 0.1) is 6.54 Å². The van der Waals surface area contributed by atoms with Crippen molar-refractivity contribution in [3.05, 3.63) is 35.4 Å². The number of benzene rings is 1. The Bertz CT molecular complexity index is 456. The summed E-state index contributed by atoms with van der Waals surface area (Å²) in [7, 11) is 0. The maximum Gasteiger partial charge on any atom is 0.238 e. The molecule has 1 aliphatic rings. The van der Waals surface area contributed by atoms with Crippen molar-refractivity contribution in [2.24, 2.45) is 5.92 Å². The average Bonchev–Trinajstić information content (AvgIpc) is 2.76. The molecule has 0 spiro atoms. The van der Waals surface area contributed by atoms with Crippen molar-refractivity contribution in [2.75, 3.05) is 13.1 Å². The molecule has 1 unspecified atom stereocenters. The van der Waals surface area contributed by atoms with E-state index in [1.165, 1.54) is 24.0 Å². The molecular formula is C17H26N2O. The predicted octanol–water partition coefficient (Wildman–Crippen LogP) is 3.25. The highest BCUT2D eigenvalue weighted by atomic mass is 16.2. The lowest BCUT2D eigenvalue weighted by molar-refractivity contribution is -0.128. The SMILES string of the molecule is Cc1cccc(C2NCC(=O)N2CCCCC(C)C)c1. The molecule has 2 rings (SSSR count). The van der Waals surface area contributed by atoms with E-state index >= 15 is 0 Å². The second-order valence-electron chi connectivity index (χ2n) is 6.17. The van der Waals surface area contributed by atoms with Crippen LogP contribution in [0.1, 0.15) is 50.4 Å². The number of carbonyl (C=O) groups excluding carboxylic acids is 1. The second kappa shape index (κ2) is 6.89. The maximum absolute atomic E-state index is 12.0. The molecule has 1 fully saturated rings. The highest BCUT2D eigenvalue weighted by molar-refractivity contribution is 5.80. The van der Waals surface area contributed by atoms with Gasteiger partial charge in [-0.05, 0) is 24.8 Å². The number of hydrogen-bond donors (Lipinski definition) is 1. The zero-order chi connectivity index (χ0) is 14.5. The van der Waals surface area contributed by atoms with Crippen LogP contribution in [0.5, 0.6) is 0 Å². The fraction of sp³-hybridized carbons (Fsp3) is 0.588. The topological polar surface area (TPSA) is 32.3 Å². The standard InChI is InChI=1S/C17H26N2O/c1-13(2)7-4-5-10-19-16(20)12-18-17(19)15-9-6-8-14(3)11-15/h6,8-9,11,13,17-18H,4-5,7,10,12H2,1-3H3. The van der Waals surface area contributed by atoms with Crippen LogP contribution in [0.15, 0.2) is 24.3 Å². The lowest BCUT2D eigenvalue weighted by Gasteiger charge is -2.25. The monoisotopic (exact) mass is 274 g/mol. The Morgan fingerprint density at radius 3 is 2.85 bits per heavy atom. The molecule has 1 aromatic rings. The van der Waals surface area contributed by atoms with Crippen LogP contribution < -0.4 is 5.32 Å². The lowest BCUT2D eigenvalue weighted by Crippen LogP contribution is -2.31. The largest absolute Gasteiger partial charge is 0.322 e. The van der Waals surface area contributed by atoms with Crippen molar-refractivity contribution < 1.29 is 4.79 Å². The number of nitrogens with zero attached hydrogens (tertiary/aromatic N) is 1. The smallest absolute Gasteiger partial charge is 0.238 e. The molecule has 1 amide bonds. The van der Waals surface area contributed by atoms with Crippen LogP contribution in [0.2, 0.25) is 0 Å². The van der Waals surface area contributed by atoms with Gasteiger partial charge in [-0.25, -0.2) is 0 Å². The Kier molecular flexibility index (Phi) is 5.18. The summed E-state index contributed by atoms with van der Waals surface area (Å²) in [6.07, 6.45) is 3.59. The number of unbranched alkanes of at least 4 members (excludes halogenated alkanes) is 1. The molecule has 1 aliphatic heterocycles. The number of nitrogens with one attached hydrogen (secondary N) is 1. The molecule has 0 radical (unpaired) electrons. The summed E-state index contributed by atoms with van der Waals surface area (Å²) in [4.78, 5) is 14.0. The first-order valence-electron chi connectivity index (χ1n) is 7.67. The third-order valence-electron chi connectivity index (χ3n) is 3.87. The lowest BCUT2D eigenvalue weighted by atomic mass is 10.1. The molecule has 1 aromatic carbocycles. The summed E-state index contributed by atoms with van der Waals surface area (Å²) in [6.45, 7) is 7.91. The van der Waals surface area contributed by atoms with Crippen LogP contribution in [-0.2, 0) is 4.79 Å². The summed E-state index contributed by atoms with van der Waals surface area (Å²) < 4.78 is 0. The van der Waals surface area contributed by atoms with E-state index in [0.717, 1.165) is 18.9 Å². The molecule has 0 aromatic heterocycles. The number of amides is 1. The average molecular weight is 274 g/mol. The maximum atomic E-state index is 12.0. The van der Waals surface area contributed by atoms with Crippen LogP contribution in [0.4, 0.5) is 0 Å². The van der Waals surface area contributed by atoms with Gasteiger partial charge < -0.3 is 4.90 Å². The van der Waals surface area contributed by atoms with Crippen LogP contribution in [-0.4, -0.2) is 23.9 Å². The molecule has 110 valence electrons. The van der Waals surface area contributed by atoms with Gasteiger partial charge in [0.1, 0.15) is 6.17 Å². The van der Waals surface area contributed by atoms with Gasteiger partial charge in [0.2, 0.25) is 5.91 Å². The fourth-order valence-electron chi connectivity index (χ4n) is 2.77. The summed E-state index contributed by atoms with van der Waals surface area (Å²) in [5.41, 5.74) is 2.43. The van der Waals surface area contributed by atoms with E-state index in [9.17, 15) is 4.79 Å². The minimum Gasteiger partial charge on any atom is -0.322 e. The van der Waals surface area contributed by atoms with E-state index < -0.39 is 0 Å². The Balaban J connectivity index is 1.96. The van der Waals surface area contributed by atoms with Gasteiger partial charge in [0.25, 0.3) is 0 Å². The molecule has 0 bridgehead atoms. The van der Waals surface area contributed by atoms with Crippen molar-refractivity contribution in [3.8, 4) is 0 Å². The molecule has 1 N–H and O–H groups in total. The van der Waals surface area contributed by atoms with Crippen LogP contribution in [0.3, 0.4) is 0 Å². The fourth-order valence-corrected chi connectivity index (χ4v) is 2.77. The molecule has 1 heterocycles. The number of hydrogen-bond acceptors (Lipinski definition) is 2. The van der Waals surface area contributed by atoms with Gasteiger partial charge in [-0.1, -0.05) is 56.5 Å². The normalized spacial score (nSPS) is 19.1. The van der Waals surface area contributed by atoms with E-state index in [1.54, 1.807) is 0 Å². The molecule has 0 saturated carbocycles. The van der Waals surface area contributed by atoms with Crippen molar-refractivity contribution in [1.82, 2.24) is 10.2 Å². The zero-order valence-electron chi connectivity index (χ0n) is 12.9. The van der Waals surface area contributed by atoms with E-state index in [-0.39, 0.29) is 12.1 Å². The van der Waals surface area contributed by atoms with E-state index in [4.69, 9.17) is 0 Å². The van der Waals surface area contributed by atoms with E-state index in [0.29, 0.717) is 6.54 Å². The zero-order valence-corrected chi connectivity index (χ0v) is 12.9. The summed E-state index contributed by atoms with van der Waals surface area (Å²) >= 11 is 0. The van der Waals surface area contributed by atoms with Gasteiger partial charge in [0, 0.05) is 6.54 Å². The Morgan fingerprint density at radius 1 is 1.35 bits per heavy atom. The summed E-state index contributed by atoms with van der Waals surface area (Å²) in [5, 5.41) is 3.33. The van der Waals surface area contributed by atoms with E-state index in [2.05, 4.69) is 50.4 Å². The second-order valence-corrected chi connectivity index (χ2v) is 6.17. The first-order valence-corrected chi connectivity index (χ1v) is 7.67. The van der Waals surface area contributed by atoms with Gasteiger partial charge in [-0.3, -0.25) is 10.1 Å². The Hall–Kier alpha value is -1.35. The highest BCUT2D eigenvalue weighted by Gasteiger charge is 2.30.